The van der Waals surface area contributed by atoms with Crippen molar-refractivity contribution in [3.63, 3.8) is 0 Å². The molecule has 2 nitrogen and oxygen atoms in total. The molecular formula is C13H25NO. The van der Waals surface area contributed by atoms with Gasteiger partial charge in [-0.25, -0.2) is 0 Å². The first-order valence-electron chi connectivity index (χ1n) is 6.39. The van der Waals surface area contributed by atoms with Crippen LogP contribution in [0.3, 0.4) is 0 Å². The first-order valence-corrected chi connectivity index (χ1v) is 6.39. The Labute approximate surface area is 94.0 Å². The molecule has 0 aromatic carbocycles. The van der Waals surface area contributed by atoms with Crippen molar-refractivity contribution in [1.29, 1.82) is 0 Å². The van der Waals surface area contributed by atoms with E-state index >= 15 is 0 Å². The zero-order valence-electron chi connectivity index (χ0n) is 10.5. The van der Waals surface area contributed by atoms with Gasteiger partial charge in [0.2, 0.25) is 0 Å². The summed E-state index contributed by atoms with van der Waals surface area (Å²) in [6.45, 7) is 8.80. The number of rotatable bonds is 8. The summed E-state index contributed by atoms with van der Waals surface area (Å²) in [7, 11) is 0. The van der Waals surface area contributed by atoms with Gasteiger partial charge < -0.3 is 4.90 Å². The summed E-state index contributed by atoms with van der Waals surface area (Å²) in [4.78, 5) is 13.7. The lowest BCUT2D eigenvalue weighted by molar-refractivity contribution is -0.118. The smallest absolute Gasteiger partial charge is 0.132 e. The number of hydrogen-bond acceptors (Lipinski definition) is 2. The molecule has 0 N–H and O–H groups in total. The molecule has 2 heteroatoms. The molecule has 1 saturated carbocycles. The van der Waals surface area contributed by atoms with E-state index < -0.39 is 0 Å². The minimum absolute atomic E-state index is 0.408. The quantitative estimate of drug-likeness (QED) is 0.615. The van der Waals surface area contributed by atoms with E-state index in [1.807, 2.05) is 6.92 Å². The summed E-state index contributed by atoms with van der Waals surface area (Å²) < 4.78 is 0. The maximum Gasteiger partial charge on any atom is 0.132 e. The molecule has 0 unspecified atom stereocenters. The van der Waals surface area contributed by atoms with Crippen LogP contribution in [0.5, 0.6) is 0 Å². The first-order chi connectivity index (χ1) is 7.13. The molecule has 0 bridgehead atoms. The van der Waals surface area contributed by atoms with E-state index in [1.165, 1.54) is 19.4 Å². The third-order valence-electron chi connectivity index (χ3n) is 3.22. The summed E-state index contributed by atoms with van der Waals surface area (Å²) in [6.07, 6.45) is 5.33. The van der Waals surface area contributed by atoms with Crippen LogP contribution in [-0.4, -0.2) is 29.8 Å². The van der Waals surface area contributed by atoms with Crippen LogP contribution in [0.1, 0.15) is 52.9 Å². The zero-order chi connectivity index (χ0) is 11.3. The number of nitrogens with zero attached hydrogens (tertiary/aromatic N) is 1. The van der Waals surface area contributed by atoms with Crippen LogP contribution in [0.4, 0.5) is 0 Å². The Morgan fingerprint density at radius 2 is 2.07 bits per heavy atom. The normalized spacial score (nSPS) is 16.3. The van der Waals surface area contributed by atoms with Crippen molar-refractivity contribution in [2.75, 3.05) is 13.1 Å². The maximum absolute atomic E-state index is 11.2. The van der Waals surface area contributed by atoms with E-state index in [-0.39, 0.29) is 0 Å². The van der Waals surface area contributed by atoms with Gasteiger partial charge in [0.15, 0.2) is 0 Å². The molecular weight excluding hydrogens is 186 g/mol. The van der Waals surface area contributed by atoms with Gasteiger partial charge >= 0.3 is 0 Å². The summed E-state index contributed by atoms with van der Waals surface area (Å²) in [5.41, 5.74) is 0. The van der Waals surface area contributed by atoms with Crippen molar-refractivity contribution in [3.05, 3.63) is 0 Å². The van der Waals surface area contributed by atoms with Crippen LogP contribution >= 0.6 is 0 Å². The van der Waals surface area contributed by atoms with Crippen molar-refractivity contribution in [1.82, 2.24) is 4.90 Å². The molecule has 0 aromatic rings. The molecule has 1 fully saturated rings. The molecule has 0 atom stereocenters. The van der Waals surface area contributed by atoms with Gasteiger partial charge in [-0.1, -0.05) is 6.92 Å². The van der Waals surface area contributed by atoms with E-state index in [2.05, 4.69) is 18.7 Å². The van der Waals surface area contributed by atoms with Gasteiger partial charge in [0.1, 0.15) is 5.78 Å². The van der Waals surface area contributed by atoms with Crippen LogP contribution in [0.25, 0.3) is 0 Å². The molecule has 1 aliphatic carbocycles. The number of Topliss-reactive ketones (excluding diaryl/α,β-unsaturated/α-hetero) is 1. The third-order valence-corrected chi connectivity index (χ3v) is 3.22. The Balaban J connectivity index is 2.15. The second-order valence-electron chi connectivity index (χ2n) is 5.03. The lowest BCUT2D eigenvalue weighted by Gasteiger charge is -2.26. The van der Waals surface area contributed by atoms with Gasteiger partial charge in [0, 0.05) is 25.4 Å². The summed E-state index contributed by atoms with van der Waals surface area (Å²) in [5, 5.41) is 0. The zero-order valence-corrected chi connectivity index (χ0v) is 10.5. The van der Waals surface area contributed by atoms with E-state index in [9.17, 15) is 4.79 Å². The highest BCUT2D eigenvalue weighted by atomic mass is 16.1. The predicted octanol–water partition coefficient (Wildman–Crippen LogP) is 2.87. The molecule has 1 aliphatic rings. The van der Waals surface area contributed by atoms with Crippen molar-refractivity contribution < 1.29 is 4.79 Å². The Morgan fingerprint density at radius 3 is 2.53 bits per heavy atom. The molecule has 0 heterocycles. The van der Waals surface area contributed by atoms with Gasteiger partial charge in [-0.2, -0.15) is 0 Å². The van der Waals surface area contributed by atoms with Crippen LogP contribution in [0, 0.1) is 5.92 Å². The fourth-order valence-corrected chi connectivity index (χ4v) is 1.85. The lowest BCUT2D eigenvalue weighted by atomic mass is 10.1. The third kappa shape index (κ3) is 5.31. The summed E-state index contributed by atoms with van der Waals surface area (Å²) in [6, 6.07) is 0.627. The van der Waals surface area contributed by atoms with Crippen LogP contribution in [0.2, 0.25) is 0 Å². The standard InChI is InChI=1S/C13H25NO/c1-4-13(15)6-5-9-14(11(2)3)10-12-7-8-12/h11-12H,4-10H2,1-3H3. The number of carbonyl (C=O) groups is 1. The first kappa shape index (κ1) is 12.7. The molecule has 0 aromatic heterocycles. The molecule has 0 radical (unpaired) electrons. The Bertz CT molecular complexity index is 197. The molecule has 0 amide bonds. The molecule has 0 saturated heterocycles. The van der Waals surface area contributed by atoms with Crippen LogP contribution in [0.15, 0.2) is 0 Å². The molecule has 0 spiro atoms. The van der Waals surface area contributed by atoms with E-state index in [1.54, 1.807) is 0 Å². The van der Waals surface area contributed by atoms with E-state index in [0.717, 1.165) is 25.3 Å². The topological polar surface area (TPSA) is 20.3 Å². The largest absolute Gasteiger partial charge is 0.301 e. The van der Waals surface area contributed by atoms with Crippen molar-refractivity contribution in [3.8, 4) is 0 Å². The molecule has 0 aliphatic heterocycles. The van der Waals surface area contributed by atoms with Gasteiger partial charge in [0.05, 0.1) is 0 Å². The van der Waals surface area contributed by atoms with Gasteiger partial charge in [0.25, 0.3) is 0 Å². The minimum atomic E-state index is 0.408. The molecule has 15 heavy (non-hydrogen) atoms. The van der Waals surface area contributed by atoms with Crippen molar-refractivity contribution in [2.45, 2.75) is 58.9 Å². The van der Waals surface area contributed by atoms with Crippen LogP contribution < -0.4 is 0 Å². The van der Waals surface area contributed by atoms with E-state index in [0.29, 0.717) is 18.2 Å². The molecule has 1 rings (SSSR count). The Hall–Kier alpha value is -0.370. The van der Waals surface area contributed by atoms with Gasteiger partial charge in [-0.15, -0.1) is 0 Å². The fraction of sp³-hybridized carbons (Fsp3) is 0.923. The summed E-state index contributed by atoms with van der Waals surface area (Å²) >= 11 is 0. The van der Waals surface area contributed by atoms with Gasteiger partial charge in [-0.3, -0.25) is 4.79 Å². The monoisotopic (exact) mass is 211 g/mol. The SMILES string of the molecule is CCC(=O)CCCN(CC1CC1)C(C)C. The predicted molar refractivity (Wildman–Crippen MR) is 64.0 cm³/mol. The van der Waals surface area contributed by atoms with Crippen molar-refractivity contribution in [2.24, 2.45) is 5.92 Å². The Morgan fingerprint density at radius 1 is 1.40 bits per heavy atom. The van der Waals surface area contributed by atoms with Crippen LogP contribution in [-0.2, 0) is 4.79 Å². The second kappa shape index (κ2) is 6.26. The maximum atomic E-state index is 11.2. The lowest BCUT2D eigenvalue weighted by Crippen LogP contribution is -2.33. The second-order valence-corrected chi connectivity index (χ2v) is 5.03. The van der Waals surface area contributed by atoms with Gasteiger partial charge in [-0.05, 0) is 45.6 Å². The van der Waals surface area contributed by atoms with E-state index in [4.69, 9.17) is 0 Å². The Kier molecular flexibility index (Phi) is 5.30. The number of carbonyl (C=O) groups excluding carboxylic acids is 1. The number of ketones is 1. The molecule has 88 valence electrons. The fourth-order valence-electron chi connectivity index (χ4n) is 1.85. The highest BCUT2D eigenvalue weighted by Gasteiger charge is 2.25. The highest BCUT2D eigenvalue weighted by Crippen LogP contribution is 2.30. The highest BCUT2D eigenvalue weighted by molar-refractivity contribution is 5.77. The average molecular weight is 211 g/mol. The minimum Gasteiger partial charge on any atom is -0.301 e. The van der Waals surface area contributed by atoms with Crippen molar-refractivity contribution >= 4 is 5.78 Å². The number of hydrogen-bond donors (Lipinski definition) is 0. The average Bonchev–Trinajstić information content (AvgIpc) is 2.99. The summed E-state index contributed by atoms with van der Waals surface area (Å²) in [5.74, 6) is 1.36.